The Balaban J connectivity index is 1.89. The van der Waals surface area contributed by atoms with Crippen molar-refractivity contribution in [1.29, 1.82) is 0 Å². The maximum Gasteiger partial charge on any atom is 0.267 e. The van der Waals surface area contributed by atoms with Gasteiger partial charge in [0.1, 0.15) is 9.77 Å². The number of aryl methyl sites for hydroxylation is 2. The molecule has 0 atom stereocenters. The lowest BCUT2D eigenvalue weighted by Crippen LogP contribution is -2.28. The van der Waals surface area contributed by atoms with E-state index in [9.17, 15) is 13.2 Å². The molecule has 1 aliphatic rings. The number of aromatic nitrogens is 1. The molecule has 3 rings (SSSR count). The number of nitrogens with one attached hydrogen (secondary N) is 1. The third-order valence-electron chi connectivity index (χ3n) is 3.98. The van der Waals surface area contributed by atoms with Gasteiger partial charge in [-0.2, -0.15) is 4.31 Å². The highest BCUT2D eigenvalue weighted by molar-refractivity contribution is 7.89. The van der Waals surface area contributed by atoms with Crippen LogP contribution in [-0.2, 0) is 10.0 Å². The van der Waals surface area contributed by atoms with E-state index in [1.807, 2.05) is 6.92 Å². The van der Waals surface area contributed by atoms with Gasteiger partial charge in [0.05, 0.1) is 15.7 Å². The third kappa shape index (κ3) is 3.72. The van der Waals surface area contributed by atoms with Gasteiger partial charge >= 0.3 is 0 Å². The SMILES string of the molecule is Cc1nc(C)c(C(=O)Nc2ccc(Cl)c(S(=O)(=O)N3CCCC3)c2)s1. The molecule has 1 saturated heterocycles. The second kappa shape index (κ2) is 7.03. The lowest BCUT2D eigenvalue weighted by atomic mass is 10.3. The molecule has 6 nitrogen and oxygen atoms in total. The molecule has 134 valence electrons. The number of anilines is 1. The Hall–Kier alpha value is -1.48. The smallest absolute Gasteiger partial charge is 0.267 e. The summed E-state index contributed by atoms with van der Waals surface area (Å²) >= 11 is 7.41. The molecule has 0 spiro atoms. The highest BCUT2D eigenvalue weighted by Crippen LogP contribution is 2.30. The molecule has 1 aromatic heterocycles. The summed E-state index contributed by atoms with van der Waals surface area (Å²) in [6.07, 6.45) is 1.69. The molecule has 1 fully saturated rings. The van der Waals surface area contributed by atoms with Crippen LogP contribution in [0, 0.1) is 13.8 Å². The summed E-state index contributed by atoms with van der Waals surface area (Å²) in [5, 5.41) is 3.68. The lowest BCUT2D eigenvalue weighted by Gasteiger charge is -2.17. The summed E-state index contributed by atoms with van der Waals surface area (Å²) in [7, 11) is -3.66. The Bertz CT molecular complexity index is 919. The van der Waals surface area contributed by atoms with E-state index < -0.39 is 10.0 Å². The normalized spacial score (nSPS) is 15.5. The maximum atomic E-state index is 12.7. The van der Waals surface area contributed by atoms with Gasteiger partial charge in [0.2, 0.25) is 10.0 Å². The first-order valence-electron chi connectivity index (χ1n) is 7.84. The van der Waals surface area contributed by atoms with Crippen LogP contribution in [0.5, 0.6) is 0 Å². The molecule has 1 N–H and O–H groups in total. The zero-order valence-electron chi connectivity index (χ0n) is 13.9. The number of sulfonamides is 1. The summed E-state index contributed by atoms with van der Waals surface area (Å²) in [5.74, 6) is -0.310. The van der Waals surface area contributed by atoms with Gasteiger partial charge in [0.25, 0.3) is 5.91 Å². The number of carbonyl (C=O) groups excluding carboxylic acids is 1. The summed E-state index contributed by atoms with van der Waals surface area (Å²) in [4.78, 5) is 17.2. The molecule has 2 heterocycles. The van der Waals surface area contributed by atoms with Gasteiger partial charge in [0.15, 0.2) is 0 Å². The van der Waals surface area contributed by atoms with Crippen molar-refractivity contribution in [3.63, 3.8) is 0 Å². The van der Waals surface area contributed by atoms with Gasteiger partial charge < -0.3 is 5.32 Å². The van der Waals surface area contributed by atoms with Crippen molar-refractivity contribution in [1.82, 2.24) is 9.29 Å². The zero-order chi connectivity index (χ0) is 18.2. The van der Waals surface area contributed by atoms with Crippen molar-refractivity contribution in [3.05, 3.63) is 38.8 Å². The second-order valence-electron chi connectivity index (χ2n) is 5.86. The quantitative estimate of drug-likeness (QED) is 0.853. The number of rotatable bonds is 4. The number of amides is 1. The Kier molecular flexibility index (Phi) is 5.15. The number of hydrogen-bond acceptors (Lipinski definition) is 5. The van der Waals surface area contributed by atoms with Crippen molar-refractivity contribution in [2.75, 3.05) is 18.4 Å². The largest absolute Gasteiger partial charge is 0.321 e. The summed E-state index contributed by atoms with van der Waals surface area (Å²) in [5.41, 5.74) is 1.04. The fourth-order valence-corrected chi connectivity index (χ4v) is 5.61. The number of carbonyl (C=O) groups is 1. The molecule has 1 aliphatic heterocycles. The van der Waals surface area contributed by atoms with Crippen molar-refractivity contribution in [2.45, 2.75) is 31.6 Å². The van der Waals surface area contributed by atoms with E-state index in [2.05, 4.69) is 10.3 Å². The van der Waals surface area contributed by atoms with Crippen molar-refractivity contribution in [3.8, 4) is 0 Å². The van der Waals surface area contributed by atoms with Crippen LogP contribution in [0.2, 0.25) is 5.02 Å². The molecule has 9 heteroatoms. The fraction of sp³-hybridized carbons (Fsp3) is 0.375. The van der Waals surface area contributed by atoms with E-state index in [0.717, 1.165) is 17.8 Å². The highest BCUT2D eigenvalue weighted by atomic mass is 35.5. The molecule has 0 bridgehead atoms. The van der Waals surface area contributed by atoms with Crippen molar-refractivity contribution < 1.29 is 13.2 Å². The molecule has 1 aromatic carbocycles. The van der Waals surface area contributed by atoms with Crippen LogP contribution in [0.1, 0.15) is 33.2 Å². The van der Waals surface area contributed by atoms with Gasteiger partial charge in [-0.3, -0.25) is 4.79 Å². The van der Waals surface area contributed by atoms with Gasteiger partial charge in [0, 0.05) is 18.8 Å². The molecule has 25 heavy (non-hydrogen) atoms. The van der Waals surface area contributed by atoms with E-state index in [1.165, 1.54) is 27.8 Å². The van der Waals surface area contributed by atoms with Crippen LogP contribution in [0.15, 0.2) is 23.1 Å². The molecule has 0 aliphatic carbocycles. The Labute approximate surface area is 155 Å². The lowest BCUT2D eigenvalue weighted by molar-refractivity contribution is 0.102. The number of thiazole rings is 1. The Morgan fingerprint density at radius 2 is 1.96 bits per heavy atom. The monoisotopic (exact) mass is 399 g/mol. The number of halogens is 1. The topological polar surface area (TPSA) is 79.4 Å². The number of nitrogens with zero attached hydrogens (tertiary/aromatic N) is 2. The second-order valence-corrected chi connectivity index (χ2v) is 9.37. The molecular weight excluding hydrogens is 382 g/mol. The van der Waals surface area contributed by atoms with Crippen molar-refractivity contribution in [2.24, 2.45) is 0 Å². The standard InChI is InChI=1S/C16H18ClN3O3S2/c1-10-15(24-11(2)18-10)16(21)19-12-5-6-13(17)14(9-12)25(22,23)20-7-3-4-8-20/h5-6,9H,3-4,7-8H2,1-2H3,(H,19,21). The molecule has 1 amide bonds. The Morgan fingerprint density at radius 1 is 1.28 bits per heavy atom. The van der Waals surface area contributed by atoms with E-state index in [0.29, 0.717) is 29.3 Å². The van der Waals surface area contributed by atoms with E-state index in [4.69, 9.17) is 11.6 Å². The minimum absolute atomic E-state index is 0.0195. The molecule has 0 saturated carbocycles. The Morgan fingerprint density at radius 3 is 2.56 bits per heavy atom. The van der Waals surface area contributed by atoms with Crippen LogP contribution in [0.4, 0.5) is 5.69 Å². The average molecular weight is 400 g/mol. The summed E-state index contributed by atoms with van der Waals surface area (Å²) < 4.78 is 26.9. The van der Waals surface area contributed by atoms with Crippen LogP contribution in [0.3, 0.4) is 0 Å². The van der Waals surface area contributed by atoms with E-state index in [-0.39, 0.29) is 15.8 Å². The predicted molar refractivity (Wildman–Crippen MR) is 99.0 cm³/mol. The summed E-state index contributed by atoms with van der Waals surface area (Å²) in [6.45, 7) is 4.59. The fourth-order valence-electron chi connectivity index (χ4n) is 2.78. The summed E-state index contributed by atoms with van der Waals surface area (Å²) in [6, 6.07) is 4.49. The molecule has 0 unspecified atom stereocenters. The molecular formula is C16H18ClN3O3S2. The number of hydrogen-bond donors (Lipinski definition) is 1. The first-order chi connectivity index (χ1) is 11.8. The maximum absolute atomic E-state index is 12.7. The van der Waals surface area contributed by atoms with E-state index in [1.54, 1.807) is 13.0 Å². The van der Waals surface area contributed by atoms with Crippen LogP contribution in [-0.4, -0.2) is 36.7 Å². The highest BCUT2D eigenvalue weighted by Gasteiger charge is 2.29. The number of benzene rings is 1. The first kappa shape index (κ1) is 18.3. The van der Waals surface area contributed by atoms with Gasteiger partial charge in [-0.1, -0.05) is 11.6 Å². The average Bonchev–Trinajstić information content (AvgIpc) is 3.19. The van der Waals surface area contributed by atoms with Crippen LogP contribution >= 0.6 is 22.9 Å². The zero-order valence-corrected chi connectivity index (χ0v) is 16.3. The third-order valence-corrected chi connectivity index (χ3v) is 7.43. The van der Waals surface area contributed by atoms with Crippen molar-refractivity contribution >= 4 is 44.6 Å². The van der Waals surface area contributed by atoms with Gasteiger partial charge in [-0.25, -0.2) is 13.4 Å². The molecule has 2 aromatic rings. The van der Waals surface area contributed by atoms with Gasteiger partial charge in [-0.05, 0) is 44.9 Å². The van der Waals surface area contributed by atoms with E-state index >= 15 is 0 Å². The van der Waals surface area contributed by atoms with Gasteiger partial charge in [-0.15, -0.1) is 11.3 Å². The van der Waals surface area contributed by atoms with Crippen LogP contribution in [0.25, 0.3) is 0 Å². The minimum Gasteiger partial charge on any atom is -0.321 e. The van der Waals surface area contributed by atoms with Crippen LogP contribution < -0.4 is 5.32 Å². The molecule has 0 radical (unpaired) electrons. The predicted octanol–water partition coefficient (Wildman–Crippen LogP) is 3.45. The minimum atomic E-state index is -3.66. The first-order valence-corrected chi connectivity index (χ1v) is 10.5.